The van der Waals surface area contributed by atoms with E-state index in [4.69, 9.17) is 0 Å². The van der Waals surface area contributed by atoms with Gasteiger partial charge in [0.15, 0.2) is 0 Å². The van der Waals surface area contributed by atoms with E-state index in [0.29, 0.717) is 12.5 Å². The van der Waals surface area contributed by atoms with Gasteiger partial charge in [-0.2, -0.15) is 0 Å². The summed E-state index contributed by atoms with van der Waals surface area (Å²) in [5.74, 6) is 0.503. The molecule has 0 saturated carbocycles. The first-order chi connectivity index (χ1) is 12.0. The molecule has 1 N–H and O–H groups in total. The monoisotopic (exact) mass is 342 g/mol. The zero-order valence-corrected chi connectivity index (χ0v) is 14.6. The van der Waals surface area contributed by atoms with Crippen LogP contribution in [0.5, 0.6) is 0 Å². The number of hydrogen-bond acceptors (Lipinski definition) is 4. The summed E-state index contributed by atoms with van der Waals surface area (Å²) in [6.07, 6.45) is 1.43. The molecule has 0 aliphatic carbocycles. The van der Waals surface area contributed by atoms with Gasteiger partial charge in [0.05, 0.1) is 6.04 Å². The van der Waals surface area contributed by atoms with Crippen molar-refractivity contribution < 1.29 is 9.59 Å². The number of nitrogens with one attached hydrogen (secondary N) is 1. The minimum absolute atomic E-state index is 0.0543. The Kier molecular flexibility index (Phi) is 4.69. The van der Waals surface area contributed by atoms with Crippen LogP contribution in [0.15, 0.2) is 36.7 Å². The van der Waals surface area contributed by atoms with Crippen molar-refractivity contribution in [1.82, 2.24) is 24.6 Å². The van der Waals surface area contributed by atoms with Crippen molar-refractivity contribution in [3.05, 3.63) is 42.2 Å². The lowest BCUT2D eigenvalue weighted by molar-refractivity contribution is -0.129. The van der Waals surface area contributed by atoms with E-state index in [-0.39, 0.29) is 30.5 Å². The molecule has 0 spiro atoms. The number of urea groups is 1. The van der Waals surface area contributed by atoms with Crippen LogP contribution in [-0.4, -0.2) is 57.1 Å². The number of nitrogens with zero attached hydrogens (tertiary/aromatic N) is 5. The lowest BCUT2D eigenvalue weighted by Crippen LogP contribution is -2.53. The second-order valence-corrected chi connectivity index (χ2v) is 6.47. The number of amides is 3. The van der Waals surface area contributed by atoms with Crippen LogP contribution in [0.2, 0.25) is 0 Å². The van der Waals surface area contributed by atoms with Crippen LogP contribution >= 0.6 is 0 Å². The fourth-order valence-corrected chi connectivity index (χ4v) is 2.94. The predicted octanol–water partition coefficient (Wildman–Crippen LogP) is 1.59. The molecular weight excluding hydrogens is 320 g/mol. The first kappa shape index (κ1) is 16.9. The maximum Gasteiger partial charge on any atom is 0.324 e. The number of anilines is 1. The molecule has 1 saturated heterocycles. The molecule has 25 heavy (non-hydrogen) atoms. The quantitative estimate of drug-likeness (QED) is 0.915. The Morgan fingerprint density at radius 3 is 2.64 bits per heavy atom. The van der Waals surface area contributed by atoms with E-state index in [1.54, 1.807) is 19.0 Å². The van der Waals surface area contributed by atoms with E-state index >= 15 is 0 Å². The van der Waals surface area contributed by atoms with Gasteiger partial charge in [0.1, 0.15) is 12.9 Å². The summed E-state index contributed by atoms with van der Waals surface area (Å²) in [5, 5.41) is 6.84. The molecule has 1 fully saturated rings. The Morgan fingerprint density at radius 2 is 2.00 bits per heavy atom. The zero-order valence-electron chi connectivity index (χ0n) is 14.6. The topological polar surface area (TPSA) is 83.4 Å². The molecule has 2 atom stereocenters. The van der Waals surface area contributed by atoms with Crippen molar-refractivity contribution in [3.8, 4) is 0 Å². The maximum atomic E-state index is 12.5. The normalized spacial score (nSPS) is 19.2. The van der Waals surface area contributed by atoms with Crippen LogP contribution in [0.3, 0.4) is 0 Å². The molecule has 0 bridgehead atoms. The SMILES string of the molecule is C[C@H]1CN(C(=O)Nc2ncn(CC(=O)N(C)C)n2)[C@H]1c1ccccc1. The van der Waals surface area contributed by atoms with Crippen molar-refractivity contribution in [2.24, 2.45) is 5.92 Å². The molecule has 1 aliphatic rings. The number of benzene rings is 1. The molecule has 8 heteroatoms. The number of rotatable bonds is 4. The number of carbonyl (C=O) groups is 2. The predicted molar refractivity (Wildman–Crippen MR) is 92.8 cm³/mol. The fourth-order valence-electron chi connectivity index (χ4n) is 2.94. The smallest absolute Gasteiger partial charge is 0.324 e. The third kappa shape index (κ3) is 3.62. The highest BCUT2D eigenvalue weighted by Crippen LogP contribution is 2.38. The van der Waals surface area contributed by atoms with Gasteiger partial charge in [-0.15, -0.1) is 5.10 Å². The first-order valence-corrected chi connectivity index (χ1v) is 8.18. The van der Waals surface area contributed by atoms with Crippen LogP contribution in [-0.2, 0) is 11.3 Å². The molecule has 3 rings (SSSR count). The highest BCUT2D eigenvalue weighted by Gasteiger charge is 2.40. The van der Waals surface area contributed by atoms with Gasteiger partial charge >= 0.3 is 6.03 Å². The largest absolute Gasteiger partial charge is 0.347 e. The third-order valence-electron chi connectivity index (χ3n) is 4.31. The van der Waals surface area contributed by atoms with Crippen LogP contribution in [0, 0.1) is 5.92 Å². The minimum atomic E-state index is -0.233. The Balaban J connectivity index is 1.63. The van der Waals surface area contributed by atoms with E-state index in [1.807, 2.05) is 30.3 Å². The Bertz CT molecular complexity index is 758. The van der Waals surface area contributed by atoms with Crippen molar-refractivity contribution in [3.63, 3.8) is 0 Å². The highest BCUT2D eigenvalue weighted by molar-refractivity contribution is 5.88. The van der Waals surface area contributed by atoms with Gasteiger partial charge in [0.25, 0.3) is 0 Å². The van der Waals surface area contributed by atoms with Gasteiger partial charge in [0.2, 0.25) is 11.9 Å². The second-order valence-electron chi connectivity index (χ2n) is 6.47. The molecule has 0 unspecified atom stereocenters. The molecule has 2 heterocycles. The van der Waals surface area contributed by atoms with E-state index < -0.39 is 0 Å². The molecule has 3 amide bonds. The summed E-state index contributed by atoms with van der Waals surface area (Å²) >= 11 is 0. The third-order valence-corrected chi connectivity index (χ3v) is 4.31. The minimum Gasteiger partial charge on any atom is -0.347 e. The number of likely N-dealkylation sites (N-methyl/N-ethyl adjacent to an activating group) is 1. The van der Waals surface area contributed by atoms with Crippen molar-refractivity contribution in [2.45, 2.75) is 19.5 Å². The Hall–Kier alpha value is -2.90. The van der Waals surface area contributed by atoms with Gasteiger partial charge < -0.3 is 9.80 Å². The second kappa shape index (κ2) is 6.92. The van der Waals surface area contributed by atoms with Gasteiger partial charge in [-0.3, -0.25) is 10.1 Å². The Labute approximate surface area is 146 Å². The van der Waals surface area contributed by atoms with Gasteiger partial charge in [-0.25, -0.2) is 14.5 Å². The summed E-state index contributed by atoms with van der Waals surface area (Å²) in [6.45, 7) is 2.90. The van der Waals surface area contributed by atoms with E-state index in [0.717, 1.165) is 5.56 Å². The molecule has 132 valence electrons. The van der Waals surface area contributed by atoms with E-state index in [1.165, 1.54) is 15.9 Å². The van der Waals surface area contributed by atoms with Gasteiger partial charge in [-0.05, 0) is 11.5 Å². The Morgan fingerprint density at radius 1 is 1.28 bits per heavy atom. The zero-order chi connectivity index (χ0) is 18.0. The number of hydrogen-bond donors (Lipinski definition) is 1. The number of carbonyl (C=O) groups excluding carboxylic acids is 2. The summed E-state index contributed by atoms with van der Waals surface area (Å²) in [5.41, 5.74) is 1.12. The molecule has 8 nitrogen and oxygen atoms in total. The van der Waals surface area contributed by atoms with Crippen LogP contribution in [0.1, 0.15) is 18.5 Å². The molecule has 2 aromatic rings. The summed E-state index contributed by atoms with van der Waals surface area (Å²) in [6, 6.07) is 9.79. The number of aromatic nitrogens is 3. The molecule has 1 aromatic heterocycles. The average Bonchev–Trinajstić information content (AvgIpc) is 3.00. The van der Waals surface area contributed by atoms with Crippen LogP contribution in [0.25, 0.3) is 0 Å². The molecular formula is C17H22N6O2. The van der Waals surface area contributed by atoms with Crippen molar-refractivity contribution >= 4 is 17.9 Å². The standard InChI is InChI=1S/C17H22N6O2/c1-12-9-23(15(12)13-7-5-4-6-8-13)17(25)19-16-18-11-22(20-16)10-14(24)21(2)3/h4-8,11-12,15H,9-10H2,1-3H3,(H,19,20,25)/t12-,15+/m0/s1. The number of likely N-dealkylation sites (tertiary alicyclic amines) is 1. The van der Waals surface area contributed by atoms with Crippen molar-refractivity contribution in [2.75, 3.05) is 26.0 Å². The molecule has 1 aromatic carbocycles. The summed E-state index contributed by atoms with van der Waals surface area (Å²) < 4.78 is 1.41. The first-order valence-electron chi connectivity index (χ1n) is 8.18. The van der Waals surface area contributed by atoms with E-state index in [2.05, 4.69) is 22.3 Å². The lowest BCUT2D eigenvalue weighted by Gasteiger charge is -2.46. The van der Waals surface area contributed by atoms with Crippen LogP contribution in [0.4, 0.5) is 10.7 Å². The molecule has 0 radical (unpaired) electrons. The maximum absolute atomic E-state index is 12.5. The fraction of sp³-hybridized carbons (Fsp3) is 0.412. The van der Waals surface area contributed by atoms with Crippen molar-refractivity contribution in [1.29, 1.82) is 0 Å². The van der Waals surface area contributed by atoms with Crippen LogP contribution < -0.4 is 5.32 Å². The molecule has 1 aliphatic heterocycles. The summed E-state index contributed by atoms with van der Waals surface area (Å²) in [4.78, 5) is 31.5. The van der Waals surface area contributed by atoms with E-state index in [9.17, 15) is 9.59 Å². The van der Waals surface area contributed by atoms with Gasteiger partial charge in [-0.1, -0.05) is 37.3 Å². The average molecular weight is 342 g/mol. The lowest BCUT2D eigenvalue weighted by atomic mass is 9.85. The van der Waals surface area contributed by atoms with Gasteiger partial charge in [0, 0.05) is 20.6 Å². The highest BCUT2D eigenvalue weighted by atomic mass is 16.2. The summed E-state index contributed by atoms with van der Waals surface area (Å²) in [7, 11) is 3.35.